The molecule has 0 unspecified atom stereocenters. The van der Waals surface area contributed by atoms with Crippen molar-refractivity contribution >= 4 is 40.5 Å². The zero-order valence-electron chi connectivity index (χ0n) is 6.05. The van der Waals surface area contributed by atoms with Crippen LogP contribution >= 0.6 is 34.8 Å². The van der Waals surface area contributed by atoms with Gasteiger partial charge in [0.1, 0.15) is 5.69 Å². The van der Waals surface area contributed by atoms with Gasteiger partial charge in [-0.2, -0.15) is 0 Å². The number of nitro groups is 1. The summed E-state index contributed by atoms with van der Waals surface area (Å²) in [7, 11) is 0. The molecule has 1 aromatic rings. The summed E-state index contributed by atoms with van der Waals surface area (Å²) >= 11 is 16.9. The number of nitrogens with one attached hydrogen (secondary N) is 1. The summed E-state index contributed by atoms with van der Waals surface area (Å²) in [6.45, 7) is 0. The second kappa shape index (κ2) is 4.00. The molecule has 0 aromatic heterocycles. The molecule has 0 saturated heterocycles. The van der Waals surface area contributed by atoms with Crippen LogP contribution in [0, 0.1) is 10.1 Å². The number of hydrogen-bond acceptors (Lipinski definition) is 2. The molecule has 4 nitrogen and oxygen atoms in total. The Hall–Kier alpha value is -0.710. The molecule has 0 saturated carbocycles. The highest BCUT2D eigenvalue weighted by Gasteiger charge is 2.08. The van der Waals surface area contributed by atoms with Crippen molar-refractivity contribution in [2.45, 2.75) is 0 Å². The summed E-state index contributed by atoms with van der Waals surface area (Å²) in [5.74, 6) is 0. The van der Waals surface area contributed by atoms with E-state index in [2.05, 4.69) is 0 Å². The van der Waals surface area contributed by atoms with Gasteiger partial charge in [0.25, 0.3) is 0 Å². The summed E-state index contributed by atoms with van der Waals surface area (Å²) in [5.41, 5.74) is 2.00. The quantitative estimate of drug-likeness (QED) is 0.491. The molecule has 7 heteroatoms. The topological polar surface area (TPSA) is 55.2 Å². The maximum atomic E-state index is 10.1. The Bertz CT molecular complexity index is 356. The van der Waals surface area contributed by atoms with Crippen molar-refractivity contribution in [1.82, 2.24) is 0 Å². The Labute approximate surface area is 88.5 Å². The molecule has 0 amide bonds. The summed E-state index contributed by atoms with van der Waals surface area (Å²) in [6, 6.07) is 2.62. The van der Waals surface area contributed by atoms with E-state index in [0.717, 1.165) is 0 Å². The fourth-order valence-corrected chi connectivity index (χ4v) is 1.30. The van der Waals surface area contributed by atoms with Crippen LogP contribution in [-0.4, -0.2) is 5.03 Å². The maximum Gasteiger partial charge on any atom is 0.162 e. The molecule has 0 atom stereocenters. The largest absolute Gasteiger partial charge is 0.235 e. The second-order valence-electron chi connectivity index (χ2n) is 2.12. The van der Waals surface area contributed by atoms with E-state index in [1.54, 1.807) is 0 Å². The lowest BCUT2D eigenvalue weighted by Gasteiger charge is -2.02. The highest BCUT2D eigenvalue weighted by molar-refractivity contribution is 6.44. The number of hydrazine groups is 1. The SMILES string of the molecule is O=[N+]([O-])Nc1cc(Cl)c(Cl)cc1Cl. The van der Waals surface area contributed by atoms with E-state index in [9.17, 15) is 10.1 Å². The molecule has 0 fully saturated rings. The lowest BCUT2D eigenvalue weighted by molar-refractivity contribution is -0.445. The molecule has 0 spiro atoms. The molecule has 70 valence electrons. The van der Waals surface area contributed by atoms with E-state index < -0.39 is 5.03 Å². The van der Waals surface area contributed by atoms with E-state index in [4.69, 9.17) is 34.8 Å². The number of benzene rings is 1. The first-order valence-electron chi connectivity index (χ1n) is 3.06. The molecule has 1 aromatic carbocycles. The van der Waals surface area contributed by atoms with Crippen LogP contribution in [0.25, 0.3) is 0 Å². The lowest BCUT2D eigenvalue weighted by Crippen LogP contribution is -2.08. The van der Waals surface area contributed by atoms with Crippen LogP contribution in [0.1, 0.15) is 0 Å². The third-order valence-corrected chi connectivity index (χ3v) is 2.26. The van der Waals surface area contributed by atoms with E-state index in [1.165, 1.54) is 12.1 Å². The number of anilines is 1. The monoisotopic (exact) mass is 240 g/mol. The average Bonchev–Trinajstić information content (AvgIpc) is 1.99. The molecule has 0 aliphatic rings. The zero-order valence-corrected chi connectivity index (χ0v) is 8.32. The molecule has 0 heterocycles. The van der Waals surface area contributed by atoms with E-state index in [0.29, 0.717) is 0 Å². The molecule has 1 rings (SSSR count). The Balaban J connectivity index is 3.08. The van der Waals surface area contributed by atoms with Crippen molar-refractivity contribution in [3.8, 4) is 0 Å². The fraction of sp³-hybridized carbons (Fsp3) is 0. The molecular weight excluding hydrogens is 238 g/mol. The van der Waals surface area contributed by atoms with Crippen LogP contribution < -0.4 is 5.43 Å². The summed E-state index contributed by atoms with van der Waals surface area (Å²) in [4.78, 5) is 10.1. The van der Waals surface area contributed by atoms with Gasteiger partial charge in [0.2, 0.25) is 0 Å². The zero-order chi connectivity index (χ0) is 10.0. The van der Waals surface area contributed by atoms with Gasteiger partial charge in [0, 0.05) is 0 Å². The molecular formula is C6H3Cl3N2O2. The maximum absolute atomic E-state index is 10.1. The van der Waals surface area contributed by atoms with Crippen LogP contribution in [0.3, 0.4) is 0 Å². The van der Waals surface area contributed by atoms with Crippen molar-refractivity contribution in [1.29, 1.82) is 0 Å². The van der Waals surface area contributed by atoms with E-state index in [-0.39, 0.29) is 20.8 Å². The minimum atomic E-state index is -0.731. The highest BCUT2D eigenvalue weighted by Crippen LogP contribution is 2.31. The van der Waals surface area contributed by atoms with Gasteiger partial charge >= 0.3 is 0 Å². The summed E-state index contributed by atoms with van der Waals surface area (Å²) in [6.07, 6.45) is 0. The van der Waals surface area contributed by atoms with Crippen LogP contribution in [0.5, 0.6) is 0 Å². The van der Waals surface area contributed by atoms with Gasteiger partial charge in [-0.15, -0.1) is 5.43 Å². The first-order chi connectivity index (χ1) is 6.00. The van der Waals surface area contributed by atoms with Crippen LogP contribution in [0.15, 0.2) is 12.1 Å². The number of nitrogens with zero attached hydrogens (tertiary/aromatic N) is 1. The normalized spacial score (nSPS) is 9.77. The third kappa shape index (κ3) is 2.62. The number of hydrogen-bond donors (Lipinski definition) is 1. The van der Waals surface area contributed by atoms with Crippen molar-refractivity contribution in [2.24, 2.45) is 0 Å². The van der Waals surface area contributed by atoms with Gasteiger partial charge < -0.3 is 0 Å². The first kappa shape index (κ1) is 10.4. The van der Waals surface area contributed by atoms with Crippen LogP contribution in [0.2, 0.25) is 15.1 Å². The lowest BCUT2D eigenvalue weighted by atomic mass is 10.3. The number of halogens is 3. The van der Waals surface area contributed by atoms with Crippen molar-refractivity contribution in [3.05, 3.63) is 37.3 Å². The van der Waals surface area contributed by atoms with Gasteiger partial charge in [0.05, 0.1) is 15.1 Å². The Morgan fingerprint density at radius 3 is 2.23 bits per heavy atom. The highest BCUT2D eigenvalue weighted by atomic mass is 35.5. The summed E-state index contributed by atoms with van der Waals surface area (Å²) < 4.78 is 0. The Morgan fingerprint density at radius 2 is 1.69 bits per heavy atom. The van der Waals surface area contributed by atoms with Gasteiger partial charge in [-0.1, -0.05) is 34.8 Å². The van der Waals surface area contributed by atoms with Crippen molar-refractivity contribution in [2.75, 3.05) is 5.43 Å². The van der Waals surface area contributed by atoms with Crippen LogP contribution in [0.4, 0.5) is 5.69 Å². The van der Waals surface area contributed by atoms with Crippen molar-refractivity contribution in [3.63, 3.8) is 0 Å². The van der Waals surface area contributed by atoms with Gasteiger partial charge in [0.15, 0.2) is 5.03 Å². The third-order valence-electron chi connectivity index (χ3n) is 1.22. The van der Waals surface area contributed by atoms with Gasteiger partial charge in [-0.05, 0) is 12.1 Å². The molecule has 0 bridgehead atoms. The Kier molecular flexibility index (Phi) is 3.19. The van der Waals surface area contributed by atoms with E-state index >= 15 is 0 Å². The second-order valence-corrected chi connectivity index (χ2v) is 3.34. The molecule has 1 N–H and O–H groups in total. The predicted molar refractivity (Wildman–Crippen MR) is 52.1 cm³/mol. The van der Waals surface area contributed by atoms with E-state index in [1.807, 2.05) is 5.43 Å². The molecule has 0 aliphatic heterocycles. The first-order valence-corrected chi connectivity index (χ1v) is 4.19. The number of rotatable bonds is 2. The van der Waals surface area contributed by atoms with Crippen molar-refractivity contribution < 1.29 is 5.03 Å². The smallest absolute Gasteiger partial charge is 0.162 e. The van der Waals surface area contributed by atoms with Gasteiger partial charge in [-0.25, -0.2) is 10.1 Å². The minimum Gasteiger partial charge on any atom is -0.235 e. The van der Waals surface area contributed by atoms with Crippen LogP contribution in [-0.2, 0) is 0 Å². The van der Waals surface area contributed by atoms with Gasteiger partial charge in [-0.3, -0.25) is 0 Å². The Morgan fingerprint density at radius 1 is 1.15 bits per heavy atom. The molecule has 0 aliphatic carbocycles. The minimum absolute atomic E-state index is 0.112. The standard InChI is InChI=1S/C6H3Cl3N2O2/c7-3-1-5(9)6(2-4(3)8)10-11(12)13/h1-2,10H. The predicted octanol–water partition coefficient (Wildman–Crippen LogP) is 3.25. The fourth-order valence-electron chi connectivity index (χ4n) is 0.707. The molecule has 13 heavy (non-hydrogen) atoms. The summed E-state index contributed by atoms with van der Waals surface area (Å²) in [5, 5.41) is 9.95. The molecule has 0 radical (unpaired) electrons. The average molecular weight is 241 g/mol.